The van der Waals surface area contributed by atoms with Gasteiger partial charge in [-0.05, 0) is 37.6 Å². The van der Waals surface area contributed by atoms with Crippen LogP contribution in [0.25, 0.3) is 0 Å². The van der Waals surface area contributed by atoms with Crippen molar-refractivity contribution in [2.45, 2.75) is 19.9 Å². The number of benzene rings is 2. The van der Waals surface area contributed by atoms with Crippen molar-refractivity contribution in [1.82, 2.24) is 9.97 Å². The number of aliphatic hydroxyl groups excluding tert-OH is 1. The van der Waals surface area contributed by atoms with Crippen molar-refractivity contribution in [3.63, 3.8) is 0 Å². The summed E-state index contributed by atoms with van der Waals surface area (Å²) in [4.78, 5) is 8.73. The Kier molecular flexibility index (Phi) is 5.26. The summed E-state index contributed by atoms with van der Waals surface area (Å²) in [5.41, 5.74) is 4.33. The van der Waals surface area contributed by atoms with E-state index in [0.29, 0.717) is 11.8 Å². The number of nitrogens with zero attached hydrogens (tertiary/aromatic N) is 2. The number of aromatic nitrogens is 2. The molecule has 3 rings (SSSR count). The molecular formula is C20H22N4O. The lowest BCUT2D eigenvalue weighted by molar-refractivity contribution is 0.276. The van der Waals surface area contributed by atoms with Gasteiger partial charge >= 0.3 is 0 Å². The SMILES string of the molecule is Cc1ccc(Nc2nccc(NC(CO)c3ccc(C)cc3)n2)cc1. The van der Waals surface area contributed by atoms with E-state index in [2.05, 4.69) is 20.6 Å². The molecule has 1 aromatic heterocycles. The van der Waals surface area contributed by atoms with Crippen LogP contribution >= 0.6 is 0 Å². The average Bonchev–Trinajstić information content (AvgIpc) is 2.63. The molecule has 0 spiro atoms. The second-order valence-corrected chi connectivity index (χ2v) is 6.05. The van der Waals surface area contributed by atoms with Gasteiger partial charge in [-0.25, -0.2) is 4.98 Å². The fourth-order valence-corrected chi connectivity index (χ4v) is 2.48. The van der Waals surface area contributed by atoms with Crippen molar-refractivity contribution in [1.29, 1.82) is 0 Å². The number of aryl methyl sites for hydroxylation is 2. The maximum Gasteiger partial charge on any atom is 0.229 e. The van der Waals surface area contributed by atoms with Gasteiger partial charge in [0.2, 0.25) is 5.95 Å². The van der Waals surface area contributed by atoms with Gasteiger partial charge in [0.25, 0.3) is 0 Å². The molecule has 5 nitrogen and oxygen atoms in total. The first-order chi connectivity index (χ1) is 12.1. The molecule has 0 radical (unpaired) electrons. The van der Waals surface area contributed by atoms with Crippen LogP contribution in [-0.2, 0) is 0 Å². The smallest absolute Gasteiger partial charge is 0.229 e. The zero-order valence-corrected chi connectivity index (χ0v) is 14.4. The van der Waals surface area contributed by atoms with Gasteiger partial charge in [0.15, 0.2) is 0 Å². The van der Waals surface area contributed by atoms with Gasteiger partial charge in [-0.2, -0.15) is 4.98 Å². The predicted molar refractivity (Wildman–Crippen MR) is 101 cm³/mol. The van der Waals surface area contributed by atoms with Gasteiger partial charge in [-0.3, -0.25) is 0 Å². The highest BCUT2D eigenvalue weighted by atomic mass is 16.3. The van der Waals surface area contributed by atoms with Crippen LogP contribution < -0.4 is 10.6 Å². The molecule has 3 N–H and O–H groups in total. The highest BCUT2D eigenvalue weighted by Crippen LogP contribution is 2.20. The summed E-state index contributed by atoms with van der Waals surface area (Å²) in [5.74, 6) is 1.17. The molecule has 5 heteroatoms. The highest BCUT2D eigenvalue weighted by molar-refractivity contribution is 5.55. The summed E-state index contributed by atoms with van der Waals surface area (Å²) < 4.78 is 0. The molecule has 0 saturated heterocycles. The Balaban J connectivity index is 1.73. The Bertz CT molecular complexity index is 816. The van der Waals surface area contributed by atoms with E-state index in [1.165, 1.54) is 11.1 Å². The topological polar surface area (TPSA) is 70.1 Å². The average molecular weight is 334 g/mol. The number of rotatable bonds is 6. The van der Waals surface area contributed by atoms with E-state index in [4.69, 9.17) is 0 Å². The summed E-state index contributed by atoms with van der Waals surface area (Å²) in [6, 6.07) is 17.7. The first-order valence-electron chi connectivity index (χ1n) is 8.25. The lowest BCUT2D eigenvalue weighted by Gasteiger charge is -2.18. The largest absolute Gasteiger partial charge is 0.394 e. The van der Waals surface area contributed by atoms with Gasteiger partial charge in [0.1, 0.15) is 5.82 Å². The molecule has 0 fully saturated rings. The van der Waals surface area contributed by atoms with Crippen molar-refractivity contribution in [3.05, 3.63) is 77.5 Å². The molecule has 1 unspecified atom stereocenters. The Morgan fingerprint density at radius 2 is 1.56 bits per heavy atom. The van der Waals surface area contributed by atoms with Gasteiger partial charge in [0, 0.05) is 11.9 Å². The second-order valence-electron chi connectivity index (χ2n) is 6.05. The van der Waals surface area contributed by atoms with Crippen molar-refractivity contribution in [2.75, 3.05) is 17.2 Å². The van der Waals surface area contributed by atoms with Crippen LogP contribution in [0.4, 0.5) is 17.5 Å². The zero-order valence-electron chi connectivity index (χ0n) is 14.4. The van der Waals surface area contributed by atoms with E-state index >= 15 is 0 Å². The van der Waals surface area contributed by atoms with Crippen LogP contribution in [0.2, 0.25) is 0 Å². The molecule has 0 aliphatic heterocycles. The zero-order chi connectivity index (χ0) is 17.6. The number of hydrogen-bond acceptors (Lipinski definition) is 5. The molecule has 0 bridgehead atoms. The monoisotopic (exact) mass is 334 g/mol. The van der Waals surface area contributed by atoms with E-state index in [0.717, 1.165) is 11.3 Å². The molecule has 128 valence electrons. The van der Waals surface area contributed by atoms with Crippen molar-refractivity contribution >= 4 is 17.5 Å². The standard InChI is InChI=1S/C20H22N4O/c1-14-3-7-16(8-4-14)18(13-25)23-19-11-12-21-20(24-19)22-17-9-5-15(2)6-10-17/h3-12,18,25H,13H2,1-2H3,(H2,21,22,23,24). The third-order valence-corrected chi connectivity index (χ3v) is 3.95. The van der Waals surface area contributed by atoms with Crippen LogP contribution in [0.15, 0.2) is 60.8 Å². The minimum atomic E-state index is -0.220. The quantitative estimate of drug-likeness (QED) is 0.636. The van der Waals surface area contributed by atoms with E-state index in [1.54, 1.807) is 12.3 Å². The minimum absolute atomic E-state index is 0.0201. The molecule has 0 aliphatic rings. The van der Waals surface area contributed by atoms with E-state index < -0.39 is 0 Å². The number of aliphatic hydroxyl groups is 1. The van der Waals surface area contributed by atoms with Crippen LogP contribution in [0.5, 0.6) is 0 Å². The van der Waals surface area contributed by atoms with Crippen LogP contribution in [0.3, 0.4) is 0 Å². The fraction of sp³-hybridized carbons (Fsp3) is 0.200. The third kappa shape index (κ3) is 4.55. The molecule has 0 amide bonds. The van der Waals surface area contributed by atoms with Crippen molar-refractivity contribution in [2.24, 2.45) is 0 Å². The number of hydrogen-bond donors (Lipinski definition) is 3. The van der Waals surface area contributed by atoms with E-state index in [1.807, 2.05) is 62.4 Å². The number of anilines is 3. The minimum Gasteiger partial charge on any atom is -0.394 e. The molecule has 1 heterocycles. The first kappa shape index (κ1) is 16.9. The molecule has 0 saturated carbocycles. The van der Waals surface area contributed by atoms with E-state index in [9.17, 15) is 5.11 Å². The van der Waals surface area contributed by atoms with E-state index in [-0.39, 0.29) is 12.6 Å². The van der Waals surface area contributed by atoms with Crippen molar-refractivity contribution < 1.29 is 5.11 Å². The highest BCUT2D eigenvalue weighted by Gasteiger charge is 2.11. The molecule has 1 atom stereocenters. The van der Waals surface area contributed by atoms with Gasteiger partial charge in [-0.15, -0.1) is 0 Å². The lowest BCUT2D eigenvalue weighted by Crippen LogP contribution is -2.16. The van der Waals surface area contributed by atoms with Crippen LogP contribution in [0.1, 0.15) is 22.7 Å². The van der Waals surface area contributed by atoms with Crippen LogP contribution in [-0.4, -0.2) is 21.7 Å². The number of nitrogens with one attached hydrogen (secondary N) is 2. The molecule has 3 aromatic rings. The Morgan fingerprint density at radius 3 is 2.20 bits per heavy atom. The molecular weight excluding hydrogens is 312 g/mol. The summed E-state index contributed by atoms with van der Waals surface area (Å²) in [6.45, 7) is 4.07. The fourth-order valence-electron chi connectivity index (χ4n) is 2.48. The van der Waals surface area contributed by atoms with Gasteiger partial charge < -0.3 is 15.7 Å². The normalized spacial score (nSPS) is 11.8. The summed E-state index contributed by atoms with van der Waals surface area (Å²) in [5, 5.41) is 16.2. The Morgan fingerprint density at radius 1 is 0.920 bits per heavy atom. The lowest BCUT2D eigenvalue weighted by atomic mass is 10.1. The predicted octanol–water partition coefficient (Wildman–Crippen LogP) is 3.98. The summed E-state index contributed by atoms with van der Waals surface area (Å²) >= 11 is 0. The molecule has 25 heavy (non-hydrogen) atoms. The van der Waals surface area contributed by atoms with Gasteiger partial charge in [-0.1, -0.05) is 47.5 Å². The maximum absolute atomic E-state index is 9.72. The summed E-state index contributed by atoms with van der Waals surface area (Å²) in [7, 11) is 0. The Hall–Kier alpha value is -2.92. The molecule has 0 aliphatic carbocycles. The van der Waals surface area contributed by atoms with Gasteiger partial charge in [0.05, 0.1) is 12.6 Å². The maximum atomic E-state index is 9.72. The summed E-state index contributed by atoms with van der Waals surface area (Å²) in [6.07, 6.45) is 1.69. The second kappa shape index (κ2) is 7.77. The Labute approximate surface area is 147 Å². The third-order valence-electron chi connectivity index (χ3n) is 3.95. The molecule has 2 aromatic carbocycles. The first-order valence-corrected chi connectivity index (χ1v) is 8.25. The van der Waals surface area contributed by atoms with Crippen molar-refractivity contribution in [3.8, 4) is 0 Å². The van der Waals surface area contributed by atoms with Crippen LogP contribution in [0, 0.1) is 13.8 Å².